The fourth-order valence-electron chi connectivity index (χ4n) is 4.50. The number of piperazine rings is 1. The third kappa shape index (κ3) is 5.10. The molecule has 0 aliphatic carbocycles. The summed E-state index contributed by atoms with van der Waals surface area (Å²) < 4.78 is 9.54. The van der Waals surface area contributed by atoms with E-state index in [4.69, 9.17) is 4.74 Å². The van der Waals surface area contributed by atoms with Crippen LogP contribution in [0.1, 0.15) is 15.9 Å². The first-order chi connectivity index (χ1) is 17.5. The fourth-order valence-corrected chi connectivity index (χ4v) is 4.97. The highest BCUT2D eigenvalue weighted by molar-refractivity contribution is 7.03. The number of carbonyl (C=O) groups is 1. The molecule has 0 atom stereocenters. The zero-order valence-electron chi connectivity index (χ0n) is 20.7. The van der Waals surface area contributed by atoms with Crippen molar-refractivity contribution in [2.45, 2.75) is 6.92 Å². The summed E-state index contributed by atoms with van der Waals surface area (Å²) in [6.07, 6.45) is 0. The third-order valence-corrected chi connectivity index (χ3v) is 7.13. The molecule has 2 heterocycles. The Hall–Kier alpha value is -3.75. The monoisotopic (exact) mass is 499 g/mol. The van der Waals surface area contributed by atoms with Crippen LogP contribution in [0.5, 0.6) is 5.75 Å². The Labute approximate surface area is 215 Å². The van der Waals surface area contributed by atoms with Crippen LogP contribution in [0.15, 0.2) is 66.0 Å². The van der Waals surface area contributed by atoms with Gasteiger partial charge < -0.3 is 19.9 Å². The van der Waals surface area contributed by atoms with Crippen LogP contribution in [-0.2, 0) is 0 Å². The number of rotatable bonds is 6. The van der Waals surface area contributed by atoms with Crippen LogP contribution < -0.4 is 15.0 Å². The van der Waals surface area contributed by atoms with Gasteiger partial charge in [-0.1, -0.05) is 28.8 Å². The Morgan fingerprint density at radius 2 is 1.72 bits per heavy atom. The number of amides is 1. The maximum Gasteiger partial charge on any atom is 0.255 e. The van der Waals surface area contributed by atoms with Gasteiger partial charge in [0.15, 0.2) is 0 Å². The number of hydrogen-bond acceptors (Lipinski definition) is 7. The minimum Gasteiger partial charge on any atom is -0.495 e. The van der Waals surface area contributed by atoms with Crippen LogP contribution in [0.25, 0.3) is 22.4 Å². The van der Waals surface area contributed by atoms with Crippen molar-refractivity contribution in [2.75, 3.05) is 50.6 Å². The van der Waals surface area contributed by atoms with Crippen LogP contribution in [0.2, 0.25) is 0 Å². The average Bonchev–Trinajstić information content (AvgIpc) is 3.44. The van der Waals surface area contributed by atoms with E-state index in [0.717, 1.165) is 71.3 Å². The molecule has 36 heavy (non-hydrogen) atoms. The van der Waals surface area contributed by atoms with Crippen molar-refractivity contribution in [3.05, 3.63) is 77.2 Å². The van der Waals surface area contributed by atoms with Gasteiger partial charge in [0.25, 0.3) is 5.91 Å². The van der Waals surface area contributed by atoms with Gasteiger partial charge in [-0.2, -0.15) is 0 Å². The molecule has 3 aromatic carbocycles. The molecule has 1 aliphatic rings. The Balaban J connectivity index is 1.31. The molecule has 0 radical (unpaired) electrons. The molecule has 1 saturated heterocycles. The smallest absolute Gasteiger partial charge is 0.255 e. The lowest BCUT2D eigenvalue weighted by Crippen LogP contribution is -2.44. The minimum atomic E-state index is -0.140. The summed E-state index contributed by atoms with van der Waals surface area (Å²) in [5.74, 6) is 0.675. The van der Waals surface area contributed by atoms with Crippen LogP contribution in [0.4, 0.5) is 11.4 Å². The molecule has 1 amide bonds. The highest BCUT2D eigenvalue weighted by Gasteiger charge is 2.19. The van der Waals surface area contributed by atoms with Gasteiger partial charge in [-0.25, -0.2) is 0 Å². The molecule has 1 fully saturated rings. The second-order valence-electron chi connectivity index (χ2n) is 9.03. The maximum absolute atomic E-state index is 13.0. The number of anilines is 2. The molecule has 0 spiro atoms. The van der Waals surface area contributed by atoms with E-state index >= 15 is 0 Å². The van der Waals surface area contributed by atoms with Crippen LogP contribution in [0.3, 0.4) is 0 Å². The fraction of sp³-hybridized carbons (Fsp3) is 0.250. The molecule has 184 valence electrons. The van der Waals surface area contributed by atoms with E-state index in [1.807, 2.05) is 47.8 Å². The van der Waals surface area contributed by atoms with E-state index < -0.39 is 0 Å². The zero-order chi connectivity index (χ0) is 25.1. The minimum absolute atomic E-state index is 0.140. The van der Waals surface area contributed by atoms with Crippen molar-refractivity contribution in [1.29, 1.82) is 0 Å². The SMILES string of the molecule is COc1ccc(NC(=O)c2ccc(-c3ccc(-c4csnn4)cc3C)cc2)cc1N1CCN(C)CC1. The van der Waals surface area contributed by atoms with Gasteiger partial charge in [0.2, 0.25) is 0 Å². The first-order valence-corrected chi connectivity index (χ1v) is 12.8. The molecule has 0 saturated carbocycles. The Kier molecular flexibility index (Phi) is 6.97. The molecule has 7 nitrogen and oxygen atoms in total. The summed E-state index contributed by atoms with van der Waals surface area (Å²) in [5.41, 5.74) is 7.64. The van der Waals surface area contributed by atoms with Gasteiger partial charge in [0, 0.05) is 48.4 Å². The second kappa shape index (κ2) is 10.5. The van der Waals surface area contributed by atoms with Crippen molar-refractivity contribution in [1.82, 2.24) is 14.5 Å². The Morgan fingerprint density at radius 1 is 0.972 bits per heavy atom. The molecule has 8 heteroatoms. The standard InChI is InChI=1S/C28H29N5O2S/c1-19-16-22(25-18-36-31-30-25)8-10-24(19)20-4-6-21(7-5-20)28(34)29-23-9-11-27(35-3)26(17-23)33-14-12-32(2)13-15-33/h4-11,16-18H,12-15H2,1-3H3,(H,29,34). The molecule has 0 unspecified atom stereocenters. The molecule has 0 bridgehead atoms. The van der Waals surface area contributed by atoms with E-state index in [1.54, 1.807) is 7.11 Å². The highest BCUT2D eigenvalue weighted by atomic mass is 32.1. The van der Waals surface area contributed by atoms with Crippen molar-refractivity contribution in [2.24, 2.45) is 0 Å². The van der Waals surface area contributed by atoms with Crippen molar-refractivity contribution in [3.63, 3.8) is 0 Å². The Morgan fingerprint density at radius 3 is 2.39 bits per heavy atom. The predicted molar refractivity (Wildman–Crippen MR) is 146 cm³/mol. The van der Waals surface area contributed by atoms with E-state index in [0.29, 0.717) is 5.56 Å². The first-order valence-electron chi connectivity index (χ1n) is 11.9. The third-order valence-electron chi connectivity index (χ3n) is 6.62. The lowest BCUT2D eigenvalue weighted by atomic mass is 9.97. The normalized spacial score (nSPS) is 14.0. The number of nitrogens with one attached hydrogen (secondary N) is 1. The second-order valence-corrected chi connectivity index (χ2v) is 9.64. The number of carbonyl (C=O) groups excluding carboxylic acids is 1. The number of nitrogens with zero attached hydrogens (tertiary/aromatic N) is 4. The quantitative estimate of drug-likeness (QED) is 0.394. The number of benzene rings is 3. The van der Waals surface area contributed by atoms with Gasteiger partial charge in [-0.15, -0.1) is 5.10 Å². The van der Waals surface area contributed by atoms with Crippen molar-refractivity contribution in [3.8, 4) is 28.1 Å². The van der Waals surface area contributed by atoms with Gasteiger partial charge in [-0.3, -0.25) is 4.79 Å². The van der Waals surface area contributed by atoms with Crippen LogP contribution >= 0.6 is 11.5 Å². The lowest BCUT2D eigenvalue weighted by Gasteiger charge is -2.34. The Bertz CT molecular complexity index is 1350. The first kappa shape index (κ1) is 24.0. The summed E-state index contributed by atoms with van der Waals surface area (Å²) >= 11 is 1.35. The number of methoxy groups -OCH3 is 1. The lowest BCUT2D eigenvalue weighted by molar-refractivity contribution is 0.102. The highest BCUT2D eigenvalue weighted by Crippen LogP contribution is 2.33. The molecule has 4 aromatic rings. The number of likely N-dealkylation sites (N-methyl/N-ethyl adjacent to an activating group) is 1. The van der Waals surface area contributed by atoms with Gasteiger partial charge in [0.05, 0.1) is 12.8 Å². The largest absolute Gasteiger partial charge is 0.495 e. The summed E-state index contributed by atoms with van der Waals surface area (Å²) in [7, 11) is 3.81. The number of hydrogen-bond donors (Lipinski definition) is 1. The van der Waals surface area contributed by atoms with E-state index in [2.05, 4.69) is 56.9 Å². The molecule has 1 aromatic heterocycles. The van der Waals surface area contributed by atoms with Gasteiger partial charge in [0.1, 0.15) is 11.4 Å². The van der Waals surface area contributed by atoms with Gasteiger partial charge in [-0.05, 0) is 78.6 Å². The van der Waals surface area contributed by atoms with Gasteiger partial charge >= 0.3 is 0 Å². The van der Waals surface area contributed by atoms with Crippen molar-refractivity contribution < 1.29 is 9.53 Å². The van der Waals surface area contributed by atoms with E-state index in [1.165, 1.54) is 11.5 Å². The molecule has 1 N–H and O–H groups in total. The van der Waals surface area contributed by atoms with Crippen LogP contribution in [-0.4, -0.2) is 60.7 Å². The zero-order valence-corrected chi connectivity index (χ0v) is 21.5. The van der Waals surface area contributed by atoms with E-state index in [-0.39, 0.29) is 5.91 Å². The maximum atomic E-state index is 13.0. The number of aromatic nitrogens is 2. The average molecular weight is 500 g/mol. The number of aryl methyl sites for hydroxylation is 1. The molecular formula is C28H29N5O2S. The summed E-state index contributed by atoms with van der Waals surface area (Å²) in [4.78, 5) is 17.6. The predicted octanol–water partition coefficient (Wildman–Crippen LogP) is 5.19. The number of ether oxygens (including phenoxy) is 1. The topological polar surface area (TPSA) is 70.6 Å². The molecule has 5 rings (SSSR count). The molecular weight excluding hydrogens is 470 g/mol. The van der Waals surface area contributed by atoms with Crippen LogP contribution in [0, 0.1) is 6.92 Å². The molecule has 1 aliphatic heterocycles. The summed E-state index contributed by atoms with van der Waals surface area (Å²) in [5, 5.41) is 9.14. The summed E-state index contributed by atoms with van der Waals surface area (Å²) in [6.45, 7) is 5.92. The van der Waals surface area contributed by atoms with E-state index in [9.17, 15) is 4.79 Å². The van der Waals surface area contributed by atoms with Crippen molar-refractivity contribution >= 4 is 28.8 Å². The summed E-state index contributed by atoms with van der Waals surface area (Å²) in [6, 6.07) is 19.8.